The number of benzene rings is 1. The van der Waals surface area contributed by atoms with Crippen LogP contribution in [0.15, 0.2) is 28.8 Å². The molecule has 3 aromatic rings. The van der Waals surface area contributed by atoms with Gasteiger partial charge in [0.1, 0.15) is 11.5 Å². The molecule has 3 heterocycles. The smallest absolute Gasteiger partial charge is 0.271 e. The van der Waals surface area contributed by atoms with Crippen LogP contribution in [0.1, 0.15) is 33.6 Å². The second-order valence-electron chi connectivity index (χ2n) is 6.33. The normalized spacial score (nSPS) is 16.7. The Morgan fingerprint density at radius 3 is 2.89 bits per heavy atom. The van der Waals surface area contributed by atoms with E-state index in [0.29, 0.717) is 54.9 Å². The lowest BCUT2D eigenvalue weighted by Gasteiger charge is -2.14. The highest BCUT2D eigenvalue weighted by molar-refractivity contribution is 5.94. The number of rotatable bonds is 5. The monoisotopic (exact) mass is 371 g/mol. The van der Waals surface area contributed by atoms with Crippen LogP contribution < -0.4 is 5.32 Å². The van der Waals surface area contributed by atoms with E-state index in [1.54, 1.807) is 19.2 Å². The number of fused-ring (bicyclic) bond motifs is 1. The van der Waals surface area contributed by atoms with Crippen LogP contribution in [0.3, 0.4) is 0 Å². The first-order chi connectivity index (χ1) is 13.1. The maximum Gasteiger partial charge on any atom is 0.271 e. The second kappa shape index (κ2) is 7.28. The van der Waals surface area contributed by atoms with E-state index in [1.807, 2.05) is 0 Å². The van der Waals surface area contributed by atoms with Crippen molar-refractivity contribution in [2.45, 2.75) is 18.8 Å². The molecule has 0 fully saturated rings. The predicted molar refractivity (Wildman–Crippen MR) is 92.6 cm³/mol. The Hall–Kier alpha value is -3.07. The van der Waals surface area contributed by atoms with E-state index in [1.165, 1.54) is 12.1 Å². The Balaban J connectivity index is 1.60. The van der Waals surface area contributed by atoms with Gasteiger partial charge in [-0.2, -0.15) is 4.98 Å². The molecule has 27 heavy (non-hydrogen) atoms. The number of nitrogens with one attached hydrogen (secondary N) is 2. The zero-order valence-electron chi connectivity index (χ0n) is 14.7. The van der Waals surface area contributed by atoms with Crippen LogP contribution in [-0.2, 0) is 17.6 Å². The highest BCUT2D eigenvalue weighted by atomic mass is 19.1. The van der Waals surface area contributed by atoms with E-state index in [4.69, 9.17) is 9.26 Å². The molecule has 0 radical (unpaired) electrons. The van der Waals surface area contributed by atoms with Gasteiger partial charge in [-0.15, -0.1) is 0 Å². The fourth-order valence-corrected chi connectivity index (χ4v) is 3.08. The summed E-state index contributed by atoms with van der Waals surface area (Å²) in [7, 11) is 1.59. The number of ether oxygens (including phenoxy) is 1. The summed E-state index contributed by atoms with van der Waals surface area (Å²) in [5.41, 5.74) is 1.96. The first kappa shape index (κ1) is 17.3. The molecule has 8 nitrogen and oxygen atoms in total. The SMILES string of the molecule is COCCc1nc(-c2nc3c([nH]2)CC(c2ccc(F)cc2)CNC3=O)no1. The van der Waals surface area contributed by atoms with Gasteiger partial charge in [-0.05, 0) is 24.1 Å². The number of hydrogen-bond donors (Lipinski definition) is 2. The van der Waals surface area contributed by atoms with Gasteiger partial charge >= 0.3 is 0 Å². The lowest BCUT2D eigenvalue weighted by Crippen LogP contribution is -2.26. The average Bonchev–Trinajstić information content (AvgIpc) is 3.28. The average molecular weight is 371 g/mol. The van der Waals surface area contributed by atoms with E-state index >= 15 is 0 Å². The van der Waals surface area contributed by atoms with E-state index < -0.39 is 0 Å². The van der Waals surface area contributed by atoms with Crippen LogP contribution in [-0.4, -0.2) is 46.3 Å². The Kier molecular flexibility index (Phi) is 4.68. The van der Waals surface area contributed by atoms with Crippen molar-refractivity contribution in [1.29, 1.82) is 0 Å². The summed E-state index contributed by atoms with van der Waals surface area (Å²) in [6.45, 7) is 0.922. The zero-order valence-corrected chi connectivity index (χ0v) is 14.7. The van der Waals surface area contributed by atoms with Crippen molar-refractivity contribution in [3.63, 3.8) is 0 Å². The highest BCUT2D eigenvalue weighted by Crippen LogP contribution is 2.26. The summed E-state index contributed by atoms with van der Waals surface area (Å²) in [6.07, 6.45) is 1.05. The first-order valence-corrected chi connectivity index (χ1v) is 8.58. The van der Waals surface area contributed by atoms with Gasteiger partial charge in [-0.25, -0.2) is 9.37 Å². The molecule has 2 N–H and O–H groups in total. The molecule has 0 bridgehead atoms. The summed E-state index contributed by atoms with van der Waals surface area (Å²) in [4.78, 5) is 24.2. The third-order valence-electron chi connectivity index (χ3n) is 4.49. The third-order valence-corrected chi connectivity index (χ3v) is 4.49. The highest BCUT2D eigenvalue weighted by Gasteiger charge is 2.27. The molecule has 9 heteroatoms. The van der Waals surface area contributed by atoms with Gasteiger partial charge in [0.25, 0.3) is 5.91 Å². The summed E-state index contributed by atoms with van der Waals surface area (Å²) in [6, 6.07) is 6.30. The number of halogens is 1. The van der Waals surface area contributed by atoms with Crippen LogP contribution >= 0.6 is 0 Å². The minimum absolute atomic E-state index is 0.00614. The number of aromatic nitrogens is 4. The number of methoxy groups -OCH3 is 1. The molecule has 2 aromatic heterocycles. The van der Waals surface area contributed by atoms with E-state index in [2.05, 4.69) is 25.4 Å². The van der Waals surface area contributed by atoms with Gasteiger partial charge < -0.3 is 19.6 Å². The van der Waals surface area contributed by atoms with E-state index in [9.17, 15) is 9.18 Å². The van der Waals surface area contributed by atoms with Crippen LogP contribution in [0, 0.1) is 5.82 Å². The van der Waals surface area contributed by atoms with Crippen molar-refractivity contribution in [3.8, 4) is 11.6 Å². The largest absolute Gasteiger partial charge is 0.384 e. The molecule has 1 amide bonds. The van der Waals surface area contributed by atoms with Crippen molar-refractivity contribution in [1.82, 2.24) is 25.4 Å². The maximum atomic E-state index is 13.2. The van der Waals surface area contributed by atoms with Crippen LogP contribution in [0.4, 0.5) is 4.39 Å². The van der Waals surface area contributed by atoms with Crippen molar-refractivity contribution >= 4 is 5.91 Å². The van der Waals surface area contributed by atoms with Crippen molar-refractivity contribution in [3.05, 3.63) is 52.9 Å². The Bertz CT molecular complexity index is 950. The standard InChI is InChI=1S/C18H18FN5O3/c1-26-7-6-14-22-17(24-27-14)16-21-13-8-11(9-20-18(25)15(13)23-16)10-2-4-12(19)5-3-10/h2-5,11H,6-9H2,1H3,(H,20,25)(H,21,23). The molecular weight excluding hydrogens is 353 g/mol. The summed E-state index contributed by atoms with van der Waals surface area (Å²) >= 11 is 0. The molecule has 1 aromatic carbocycles. The summed E-state index contributed by atoms with van der Waals surface area (Å²) < 4.78 is 23.3. The van der Waals surface area contributed by atoms with Gasteiger partial charge in [0, 0.05) is 25.3 Å². The number of H-pyrrole nitrogens is 1. The molecule has 140 valence electrons. The van der Waals surface area contributed by atoms with Gasteiger partial charge in [-0.3, -0.25) is 4.79 Å². The fourth-order valence-electron chi connectivity index (χ4n) is 3.08. The molecule has 1 aliphatic rings. The molecule has 0 spiro atoms. The minimum Gasteiger partial charge on any atom is -0.384 e. The number of carbonyl (C=O) groups is 1. The van der Waals surface area contributed by atoms with Crippen LogP contribution in [0.5, 0.6) is 0 Å². The number of amides is 1. The lowest BCUT2D eigenvalue weighted by molar-refractivity contribution is 0.0950. The van der Waals surface area contributed by atoms with Crippen molar-refractivity contribution < 1.29 is 18.4 Å². The Morgan fingerprint density at radius 1 is 1.30 bits per heavy atom. The fraction of sp³-hybridized carbons (Fsp3) is 0.333. The number of hydrogen-bond acceptors (Lipinski definition) is 6. The van der Waals surface area contributed by atoms with E-state index in [-0.39, 0.29) is 17.6 Å². The minimum atomic E-state index is -0.290. The summed E-state index contributed by atoms with van der Waals surface area (Å²) in [5.74, 6) is 0.559. The molecule has 0 saturated heterocycles. The van der Waals surface area contributed by atoms with Gasteiger partial charge in [0.2, 0.25) is 11.7 Å². The van der Waals surface area contributed by atoms with Gasteiger partial charge in [-0.1, -0.05) is 17.3 Å². The molecular formula is C18H18FN5O3. The zero-order chi connectivity index (χ0) is 18.8. The van der Waals surface area contributed by atoms with Gasteiger partial charge in [0.15, 0.2) is 5.82 Å². The topological polar surface area (TPSA) is 106 Å². The third kappa shape index (κ3) is 3.59. The number of imidazole rings is 1. The Labute approximate surface area is 154 Å². The number of carbonyl (C=O) groups excluding carboxylic acids is 1. The molecule has 1 unspecified atom stereocenters. The van der Waals surface area contributed by atoms with Crippen molar-refractivity contribution in [2.75, 3.05) is 20.3 Å². The van der Waals surface area contributed by atoms with Crippen molar-refractivity contribution in [2.24, 2.45) is 0 Å². The van der Waals surface area contributed by atoms with Crippen LogP contribution in [0.25, 0.3) is 11.6 Å². The molecule has 1 atom stereocenters. The number of nitrogens with zero attached hydrogens (tertiary/aromatic N) is 3. The van der Waals surface area contributed by atoms with Crippen LogP contribution in [0.2, 0.25) is 0 Å². The maximum absolute atomic E-state index is 13.2. The quantitative estimate of drug-likeness (QED) is 0.709. The molecule has 0 saturated carbocycles. The second-order valence-corrected chi connectivity index (χ2v) is 6.33. The molecule has 0 aliphatic carbocycles. The molecule has 1 aliphatic heterocycles. The molecule has 4 rings (SSSR count). The van der Waals surface area contributed by atoms with Gasteiger partial charge in [0.05, 0.1) is 13.0 Å². The predicted octanol–water partition coefficient (Wildman–Crippen LogP) is 1.86. The van der Waals surface area contributed by atoms with E-state index in [0.717, 1.165) is 5.56 Å². The lowest BCUT2D eigenvalue weighted by atomic mass is 9.94. The number of aromatic amines is 1. The first-order valence-electron chi connectivity index (χ1n) is 8.58. The summed E-state index contributed by atoms with van der Waals surface area (Å²) in [5, 5.41) is 6.78. The Morgan fingerprint density at radius 2 is 2.11 bits per heavy atom.